The Bertz CT molecular complexity index is 856. The van der Waals surface area contributed by atoms with Crippen molar-refractivity contribution in [2.75, 3.05) is 11.1 Å². The predicted octanol–water partition coefficient (Wildman–Crippen LogP) is 0.656. The van der Waals surface area contributed by atoms with Gasteiger partial charge in [-0.2, -0.15) is 15.1 Å². The van der Waals surface area contributed by atoms with Crippen LogP contribution >= 0.6 is 0 Å². The van der Waals surface area contributed by atoms with Gasteiger partial charge in [-0.25, -0.2) is 0 Å². The zero-order chi connectivity index (χ0) is 15.7. The van der Waals surface area contributed by atoms with Gasteiger partial charge in [0.15, 0.2) is 5.65 Å². The van der Waals surface area contributed by atoms with Crippen molar-refractivity contribution in [1.82, 2.24) is 19.7 Å². The van der Waals surface area contributed by atoms with Crippen molar-refractivity contribution in [2.24, 2.45) is 12.8 Å². The number of aryl methyl sites for hydroxylation is 1. The maximum atomic E-state index is 11.2. The molecule has 5 N–H and O–H groups in total. The third-order valence-electron chi connectivity index (χ3n) is 3.28. The molecule has 0 saturated heterocycles. The molecule has 0 saturated carbocycles. The quantitative estimate of drug-likeness (QED) is 0.649. The molecular weight excluding hydrogens is 282 g/mol. The van der Waals surface area contributed by atoms with Crippen molar-refractivity contribution in [1.29, 1.82) is 0 Å². The van der Waals surface area contributed by atoms with Crippen LogP contribution in [0.25, 0.3) is 11.0 Å². The zero-order valence-corrected chi connectivity index (χ0v) is 11.9. The maximum absolute atomic E-state index is 11.2. The minimum atomic E-state index is -0.460. The summed E-state index contributed by atoms with van der Waals surface area (Å²) in [6.45, 7) is 0.448. The highest BCUT2D eigenvalue weighted by molar-refractivity contribution is 5.92. The average Bonchev–Trinajstić information content (AvgIpc) is 2.87. The van der Waals surface area contributed by atoms with E-state index >= 15 is 0 Å². The van der Waals surface area contributed by atoms with Gasteiger partial charge < -0.3 is 16.8 Å². The lowest BCUT2D eigenvalue weighted by atomic mass is 10.1. The summed E-state index contributed by atoms with van der Waals surface area (Å²) < 4.78 is 1.63. The maximum Gasteiger partial charge on any atom is 0.248 e. The Morgan fingerprint density at radius 3 is 2.95 bits per heavy atom. The summed E-state index contributed by atoms with van der Waals surface area (Å²) in [6, 6.07) is 7.05. The van der Waals surface area contributed by atoms with Crippen LogP contribution in [-0.4, -0.2) is 25.7 Å². The average molecular weight is 297 g/mol. The topological polar surface area (TPSA) is 125 Å². The Hall–Kier alpha value is -3.16. The van der Waals surface area contributed by atoms with E-state index in [-0.39, 0.29) is 0 Å². The lowest BCUT2D eigenvalue weighted by Crippen LogP contribution is -2.12. The summed E-state index contributed by atoms with van der Waals surface area (Å²) in [5.74, 6) is 0.309. The number of aromatic nitrogens is 4. The van der Waals surface area contributed by atoms with Crippen LogP contribution in [0.4, 0.5) is 11.8 Å². The molecule has 0 bridgehead atoms. The first-order chi connectivity index (χ1) is 10.5. The highest BCUT2D eigenvalue weighted by Gasteiger charge is 2.09. The fourth-order valence-corrected chi connectivity index (χ4v) is 2.14. The molecule has 2 aromatic heterocycles. The standard InChI is InChI=1S/C14H15N7O/c1-21-13-10(7-18-21)11(15)19-14(20-13)17-6-8-3-2-4-9(5-8)12(16)22/h2-5,7H,6H2,1H3,(H2,16,22)(H3,15,17,19,20). The Balaban J connectivity index is 1.83. The molecule has 22 heavy (non-hydrogen) atoms. The number of carbonyl (C=O) groups is 1. The molecule has 8 heteroatoms. The van der Waals surface area contributed by atoms with Gasteiger partial charge >= 0.3 is 0 Å². The molecule has 1 aromatic carbocycles. The summed E-state index contributed by atoms with van der Waals surface area (Å²) in [5.41, 5.74) is 13.2. The highest BCUT2D eigenvalue weighted by atomic mass is 16.1. The van der Waals surface area contributed by atoms with Crippen molar-refractivity contribution in [3.05, 3.63) is 41.6 Å². The van der Waals surface area contributed by atoms with Crippen LogP contribution in [0.5, 0.6) is 0 Å². The van der Waals surface area contributed by atoms with Gasteiger partial charge in [-0.1, -0.05) is 12.1 Å². The minimum absolute atomic E-state index is 0.367. The molecule has 3 rings (SSSR count). The van der Waals surface area contributed by atoms with Gasteiger partial charge in [-0.3, -0.25) is 9.48 Å². The smallest absolute Gasteiger partial charge is 0.248 e. The summed E-state index contributed by atoms with van der Waals surface area (Å²) in [6.07, 6.45) is 1.63. The summed E-state index contributed by atoms with van der Waals surface area (Å²) in [7, 11) is 1.79. The molecule has 0 fully saturated rings. The van der Waals surface area contributed by atoms with Crippen molar-refractivity contribution in [3.63, 3.8) is 0 Å². The molecule has 0 unspecified atom stereocenters. The van der Waals surface area contributed by atoms with Crippen LogP contribution in [0.3, 0.4) is 0 Å². The normalized spacial score (nSPS) is 10.8. The van der Waals surface area contributed by atoms with Crippen LogP contribution in [0, 0.1) is 0 Å². The summed E-state index contributed by atoms with van der Waals surface area (Å²) in [4.78, 5) is 19.7. The van der Waals surface area contributed by atoms with Crippen molar-refractivity contribution >= 4 is 28.7 Å². The lowest BCUT2D eigenvalue weighted by molar-refractivity contribution is 0.1000. The van der Waals surface area contributed by atoms with E-state index in [1.54, 1.807) is 36.1 Å². The number of nitrogens with zero attached hydrogens (tertiary/aromatic N) is 4. The van der Waals surface area contributed by atoms with E-state index in [9.17, 15) is 4.79 Å². The van der Waals surface area contributed by atoms with E-state index in [4.69, 9.17) is 11.5 Å². The zero-order valence-electron chi connectivity index (χ0n) is 11.9. The molecule has 0 atom stereocenters. The molecule has 0 aliphatic heterocycles. The number of amides is 1. The van der Waals surface area contributed by atoms with Gasteiger partial charge in [0.25, 0.3) is 0 Å². The van der Waals surface area contributed by atoms with Gasteiger partial charge in [-0.05, 0) is 17.7 Å². The Morgan fingerprint density at radius 2 is 2.18 bits per heavy atom. The Kier molecular flexibility index (Phi) is 3.34. The molecular formula is C14H15N7O. The van der Waals surface area contributed by atoms with E-state index in [0.717, 1.165) is 5.56 Å². The van der Waals surface area contributed by atoms with Crippen LogP contribution in [0.15, 0.2) is 30.5 Å². The third kappa shape index (κ3) is 2.53. The first kappa shape index (κ1) is 13.8. The van der Waals surface area contributed by atoms with E-state index in [2.05, 4.69) is 20.4 Å². The Labute approximate surface area is 126 Å². The molecule has 112 valence electrons. The number of fused-ring (bicyclic) bond motifs is 1. The fourth-order valence-electron chi connectivity index (χ4n) is 2.14. The first-order valence-corrected chi connectivity index (χ1v) is 6.62. The molecule has 8 nitrogen and oxygen atoms in total. The molecule has 0 aliphatic carbocycles. The third-order valence-corrected chi connectivity index (χ3v) is 3.28. The highest BCUT2D eigenvalue weighted by Crippen LogP contribution is 2.18. The number of hydrogen-bond donors (Lipinski definition) is 3. The van der Waals surface area contributed by atoms with Crippen LogP contribution < -0.4 is 16.8 Å². The second kappa shape index (κ2) is 5.32. The number of nitrogen functional groups attached to an aromatic ring is 1. The second-order valence-electron chi connectivity index (χ2n) is 4.86. The number of benzene rings is 1. The predicted molar refractivity (Wildman–Crippen MR) is 83.0 cm³/mol. The molecule has 3 aromatic rings. The van der Waals surface area contributed by atoms with Gasteiger partial charge in [0.05, 0.1) is 11.6 Å². The number of carbonyl (C=O) groups excluding carboxylic acids is 1. The van der Waals surface area contributed by atoms with Crippen molar-refractivity contribution in [3.8, 4) is 0 Å². The number of hydrogen-bond acceptors (Lipinski definition) is 6. The van der Waals surface area contributed by atoms with E-state index < -0.39 is 5.91 Å². The van der Waals surface area contributed by atoms with Gasteiger partial charge in [-0.15, -0.1) is 0 Å². The Morgan fingerprint density at radius 1 is 1.36 bits per heavy atom. The number of anilines is 2. The lowest BCUT2D eigenvalue weighted by Gasteiger charge is -2.07. The molecule has 2 heterocycles. The van der Waals surface area contributed by atoms with Gasteiger partial charge in [0.2, 0.25) is 11.9 Å². The van der Waals surface area contributed by atoms with Gasteiger partial charge in [0, 0.05) is 19.2 Å². The molecule has 1 amide bonds. The SMILES string of the molecule is Cn1ncc2c(N)nc(NCc3cccc(C(N)=O)c3)nc21. The number of rotatable bonds is 4. The molecule has 0 spiro atoms. The molecule has 0 radical (unpaired) electrons. The summed E-state index contributed by atoms with van der Waals surface area (Å²) in [5, 5.41) is 7.90. The fraction of sp³-hybridized carbons (Fsp3) is 0.143. The number of primary amides is 1. The van der Waals surface area contributed by atoms with E-state index in [0.29, 0.717) is 34.9 Å². The van der Waals surface area contributed by atoms with Crippen LogP contribution in [0.1, 0.15) is 15.9 Å². The largest absolute Gasteiger partial charge is 0.383 e. The van der Waals surface area contributed by atoms with E-state index in [1.165, 1.54) is 0 Å². The number of nitrogens with two attached hydrogens (primary N) is 2. The number of nitrogens with one attached hydrogen (secondary N) is 1. The monoisotopic (exact) mass is 297 g/mol. The molecule has 0 aliphatic rings. The van der Waals surface area contributed by atoms with Gasteiger partial charge in [0.1, 0.15) is 5.82 Å². The van der Waals surface area contributed by atoms with Crippen LogP contribution in [-0.2, 0) is 13.6 Å². The first-order valence-electron chi connectivity index (χ1n) is 6.62. The van der Waals surface area contributed by atoms with E-state index in [1.807, 2.05) is 6.07 Å². The van der Waals surface area contributed by atoms with Crippen molar-refractivity contribution < 1.29 is 4.79 Å². The minimum Gasteiger partial charge on any atom is -0.383 e. The second-order valence-corrected chi connectivity index (χ2v) is 4.86. The van der Waals surface area contributed by atoms with Crippen molar-refractivity contribution in [2.45, 2.75) is 6.54 Å². The summed E-state index contributed by atoms with van der Waals surface area (Å²) >= 11 is 0. The van der Waals surface area contributed by atoms with Crippen LogP contribution in [0.2, 0.25) is 0 Å².